The molecule has 2 aromatic carbocycles. The lowest BCUT2D eigenvalue weighted by Crippen LogP contribution is -2.42. The summed E-state index contributed by atoms with van der Waals surface area (Å²) in [5, 5.41) is 5.46. The van der Waals surface area contributed by atoms with Crippen LogP contribution >= 0.6 is 0 Å². The predicted molar refractivity (Wildman–Crippen MR) is 117 cm³/mol. The van der Waals surface area contributed by atoms with E-state index in [2.05, 4.69) is 36.3 Å². The van der Waals surface area contributed by atoms with Crippen LogP contribution in [0, 0.1) is 0 Å². The van der Waals surface area contributed by atoms with Crippen molar-refractivity contribution in [1.29, 1.82) is 0 Å². The highest BCUT2D eigenvalue weighted by Crippen LogP contribution is 2.28. The van der Waals surface area contributed by atoms with E-state index >= 15 is 0 Å². The molecule has 2 aromatic rings. The first kappa shape index (κ1) is 21.4. The highest BCUT2D eigenvalue weighted by Gasteiger charge is 2.49. The fourth-order valence-electron chi connectivity index (χ4n) is 3.73. The predicted octanol–water partition coefficient (Wildman–Crippen LogP) is 3.33. The van der Waals surface area contributed by atoms with Crippen molar-refractivity contribution in [3.63, 3.8) is 0 Å². The quantitative estimate of drug-likeness (QED) is 0.689. The van der Waals surface area contributed by atoms with Gasteiger partial charge in [0, 0.05) is 24.0 Å². The Hall–Kier alpha value is -3.35. The molecule has 1 unspecified atom stereocenters. The number of hydrogen-bond acceptors (Lipinski definition) is 4. The van der Waals surface area contributed by atoms with Gasteiger partial charge in [-0.05, 0) is 57.5 Å². The van der Waals surface area contributed by atoms with Gasteiger partial charge in [0.1, 0.15) is 12.1 Å². The van der Waals surface area contributed by atoms with Gasteiger partial charge in [-0.1, -0.05) is 30.3 Å². The molecule has 0 radical (unpaired) electrons. The molecule has 1 fully saturated rings. The smallest absolute Gasteiger partial charge is 0.325 e. The maximum atomic E-state index is 12.9. The molecule has 7 heteroatoms. The first-order valence-corrected chi connectivity index (χ1v) is 10.1. The van der Waals surface area contributed by atoms with Gasteiger partial charge in [0.25, 0.3) is 5.91 Å². The molecular weight excluding hydrogens is 380 g/mol. The third-order valence-electron chi connectivity index (χ3n) is 5.37. The minimum absolute atomic E-state index is 0.345. The number of carbonyl (C=O) groups excluding carboxylic acids is 3. The summed E-state index contributed by atoms with van der Waals surface area (Å²) in [6, 6.07) is 16.3. The molecule has 1 aliphatic rings. The molecule has 2 N–H and O–H groups in total. The molecule has 0 saturated carbocycles. The Labute approximate surface area is 177 Å². The Balaban J connectivity index is 1.66. The molecule has 158 valence electrons. The highest BCUT2D eigenvalue weighted by atomic mass is 16.2. The molecule has 1 heterocycles. The maximum Gasteiger partial charge on any atom is 0.325 e. The van der Waals surface area contributed by atoms with Crippen molar-refractivity contribution >= 4 is 29.2 Å². The van der Waals surface area contributed by atoms with Crippen LogP contribution in [-0.2, 0) is 15.1 Å². The van der Waals surface area contributed by atoms with E-state index in [0.717, 1.165) is 17.1 Å². The molecule has 0 spiro atoms. The standard InChI is InChI=1S/C23H28N4O3/c1-5-26(16(2)3)19-13-11-18(12-14-19)24-20(28)15-27-21(29)23(4,25-22(27)30)17-9-7-6-8-10-17/h6-14,16H,5,15H2,1-4H3,(H,24,28)(H,25,30). The summed E-state index contributed by atoms with van der Waals surface area (Å²) < 4.78 is 0. The molecule has 0 bridgehead atoms. The monoisotopic (exact) mass is 408 g/mol. The molecular formula is C23H28N4O3. The van der Waals surface area contributed by atoms with Crippen molar-refractivity contribution in [3.8, 4) is 0 Å². The zero-order valence-electron chi connectivity index (χ0n) is 17.8. The Bertz CT molecular complexity index is 927. The Morgan fingerprint density at radius 3 is 2.30 bits per heavy atom. The van der Waals surface area contributed by atoms with Gasteiger partial charge in [-0.15, -0.1) is 0 Å². The zero-order valence-corrected chi connectivity index (χ0v) is 17.8. The van der Waals surface area contributed by atoms with E-state index in [4.69, 9.17) is 0 Å². The summed E-state index contributed by atoms with van der Waals surface area (Å²) in [7, 11) is 0. The van der Waals surface area contributed by atoms with Gasteiger partial charge in [-0.2, -0.15) is 0 Å². The topological polar surface area (TPSA) is 81.8 Å². The number of nitrogens with one attached hydrogen (secondary N) is 2. The first-order valence-electron chi connectivity index (χ1n) is 10.1. The van der Waals surface area contributed by atoms with Crippen LogP contribution in [0.2, 0.25) is 0 Å². The number of rotatable bonds is 7. The van der Waals surface area contributed by atoms with E-state index in [1.165, 1.54) is 0 Å². The molecule has 7 nitrogen and oxygen atoms in total. The Morgan fingerprint density at radius 2 is 1.73 bits per heavy atom. The second-order valence-corrected chi connectivity index (χ2v) is 7.79. The number of benzene rings is 2. The summed E-state index contributed by atoms with van der Waals surface area (Å²) in [6.45, 7) is 8.53. The zero-order chi connectivity index (χ0) is 21.9. The van der Waals surface area contributed by atoms with Gasteiger partial charge in [-0.3, -0.25) is 14.5 Å². The SMILES string of the molecule is CCN(c1ccc(NC(=O)CN2C(=O)NC(C)(c3ccccc3)C2=O)cc1)C(C)C. The lowest BCUT2D eigenvalue weighted by atomic mass is 9.92. The van der Waals surface area contributed by atoms with Gasteiger partial charge >= 0.3 is 6.03 Å². The average Bonchev–Trinajstić information content (AvgIpc) is 2.94. The summed E-state index contributed by atoms with van der Waals surface area (Å²) in [4.78, 5) is 41.0. The van der Waals surface area contributed by atoms with Crippen molar-refractivity contribution < 1.29 is 14.4 Å². The van der Waals surface area contributed by atoms with E-state index in [-0.39, 0.29) is 6.54 Å². The van der Waals surface area contributed by atoms with Crippen molar-refractivity contribution in [2.75, 3.05) is 23.3 Å². The number of hydrogen-bond donors (Lipinski definition) is 2. The van der Waals surface area contributed by atoms with Crippen LogP contribution in [0.15, 0.2) is 54.6 Å². The third kappa shape index (κ3) is 4.15. The molecule has 1 aliphatic heterocycles. The number of imide groups is 1. The maximum absolute atomic E-state index is 12.9. The average molecular weight is 409 g/mol. The Morgan fingerprint density at radius 1 is 1.10 bits per heavy atom. The molecule has 0 aromatic heterocycles. The van der Waals surface area contributed by atoms with Crippen LogP contribution in [0.25, 0.3) is 0 Å². The summed E-state index contributed by atoms with van der Waals surface area (Å²) >= 11 is 0. The van der Waals surface area contributed by atoms with Crippen LogP contribution in [0.3, 0.4) is 0 Å². The van der Waals surface area contributed by atoms with Crippen molar-refractivity contribution in [3.05, 3.63) is 60.2 Å². The van der Waals surface area contributed by atoms with Gasteiger partial charge < -0.3 is 15.5 Å². The van der Waals surface area contributed by atoms with E-state index in [1.54, 1.807) is 31.2 Å². The summed E-state index contributed by atoms with van der Waals surface area (Å²) in [6.07, 6.45) is 0. The number of anilines is 2. The van der Waals surface area contributed by atoms with Gasteiger partial charge in [-0.25, -0.2) is 4.79 Å². The first-order chi connectivity index (χ1) is 14.3. The lowest BCUT2D eigenvalue weighted by Gasteiger charge is -2.27. The molecule has 1 atom stereocenters. The molecule has 1 saturated heterocycles. The fraction of sp³-hybridized carbons (Fsp3) is 0.348. The van der Waals surface area contributed by atoms with E-state index in [9.17, 15) is 14.4 Å². The second kappa shape index (κ2) is 8.57. The fourth-order valence-corrected chi connectivity index (χ4v) is 3.73. The number of amides is 4. The highest BCUT2D eigenvalue weighted by molar-refractivity contribution is 6.10. The minimum atomic E-state index is -1.18. The van der Waals surface area contributed by atoms with Crippen LogP contribution < -0.4 is 15.5 Å². The van der Waals surface area contributed by atoms with E-state index in [0.29, 0.717) is 17.3 Å². The van der Waals surface area contributed by atoms with E-state index < -0.39 is 23.4 Å². The van der Waals surface area contributed by atoms with Crippen molar-refractivity contribution in [2.45, 2.75) is 39.3 Å². The molecule has 30 heavy (non-hydrogen) atoms. The molecule has 4 amide bonds. The van der Waals surface area contributed by atoms with Crippen molar-refractivity contribution in [2.24, 2.45) is 0 Å². The largest absolute Gasteiger partial charge is 0.369 e. The molecule has 3 rings (SSSR count). The number of urea groups is 1. The van der Waals surface area contributed by atoms with Crippen molar-refractivity contribution in [1.82, 2.24) is 10.2 Å². The van der Waals surface area contributed by atoms with Crippen LogP contribution in [0.1, 0.15) is 33.3 Å². The van der Waals surface area contributed by atoms with Gasteiger partial charge in [0.15, 0.2) is 0 Å². The van der Waals surface area contributed by atoms with E-state index in [1.807, 2.05) is 30.3 Å². The normalized spacial score (nSPS) is 18.5. The van der Waals surface area contributed by atoms with Crippen LogP contribution in [0.4, 0.5) is 16.2 Å². The number of nitrogens with zero attached hydrogens (tertiary/aromatic N) is 2. The Kier molecular flexibility index (Phi) is 6.10. The summed E-state index contributed by atoms with van der Waals surface area (Å²) in [5.74, 6) is -0.875. The van der Waals surface area contributed by atoms with Gasteiger partial charge in [0.05, 0.1) is 0 Å². The minimum Gasteiger partial charge on any atom is -0.369 e. The van der Waals surface area contributed by atoms with Crippen LogP contribution in [0.5, 0.6) is 0 Å². The molecule has 0 aliphatic carbocycles. The van der Waals surface area contributed by atoms with Gasteiger partial charge in [0.2, 0.25) is 5.91 Å². The summed E-state index contributed by atoms with van der Waals surface area (Å²) in [5.41, 5.74) is 1.17. The van der Waals surface area contributed by atoms with Crippen LogP contribution in [-0.4, -0.2) is 41.9 Å². The third-order valence-corrected chi connectivity index (χ3v) is 5.37. The second-order valence-electron chi connectivity index (χ2n) is 7.79. The number of carbonyl (C=O) groups is 3. The lowest BCUT2D eigenvalue weighted by molar-refractivity contribution is -0.133.